The molecule has 0 radical (unpaired) electrons. The van der Waals surface area contributed by atoms with Crippen LogP contribution in [0.15, 0.2) is 12.7 Å². The van der Waals surface area contributed by atoms with Gasteiger partial charge in [0, 0.05) is 12.6 Å². The van der Waals surface area contributed by atoms with E-state index in [1.807, 2.05) is 13.1 Å². The van der Waals surface area contributed by atoms with Gasteiger partial charge in [0.1, 0.15) is 0 Å². The van der Waals surface area contributed by atoms with Crippen molar-refractivity contribution in [2.75, 3.05) is 13.7 Å². The molecule has 1 aliphatic heterocycles. The quantitative estimate of drug-likeness (QED) is 0.500. The summed E-state index contributed by atoms with van der Waals surface area (Å²) in [6.45, 7) is 4.71. The summed E-state index contributed by atoms with van der Waals surface area (Å²) in [5.41, 5.74) is 0. The summed E-state index contributed by atoms with van der Waals surface area (Å²) in [5.74, 6) is 0. The van der Waals surface area contributed by atoms with Crippen LogP contribution in [0.5, 0.6) is 0 Å². The molecule has 0 spiro atoms. The van der Waals surface area contributed by atoms with E-state index in [-0.39, 0.29) is 0 Å². The Morgan fingerprint density at radius 3 is 3.07 bits per heavy atom. The molecule has 2 nitrogen and oxygen atoms in total. The molecule has 1 N–H and O–H groups in total. The Labute approximate surface area is 87.7 Å². The molecule has 82 valence electrons. The third kappa shape index (κ3) is 4.25. The van der Waals surface area contributed by atoms with Gasteiger partial charge in [-0.2, -0.15) is 0 Å². The number of unbranched alkanes of at least 4 members (excludes halogenated alkanes) is 1. The first kappa shape index (κ1) is 11.7. The summed E-state index contributed by atoms with van der Waals surface area (Å²) in [6.07, 6.45) is 9.78. The molecule has 2 unspecified atom stereocenters. The molecule has 0 aliphatic carbocycles. The molecule has 0 aromatic rings. The van der Waals surface area contributed by atoms with Gasteiger partial charge in [-0.15, -0.1) is 6.58 Å². The maximum Gasteiger partial charge on any atom is 0.0590 e. The number of rotatable bonds is 7. The lowest BCUT2D eigenvalue weighted by Crippen LogP contribution is -2.29. The monoisotopic (exact) mass is 197 g/mol. The van der Waals surface area contributed by atoms with E-state index in [0.717, 1.165) is 13.0 Å². The number of nitrogens with one attached hydrogen (secondary N) is 1. The molecular formula is C12H23NO. The van der Waals surface area contributed by atoms with Crippen molar-refractivity contribution in [2.45, 2.75) is 50.7 Å². The van der Waals surface area contributed by atoms with Crippen LogP contribution in [-0.4, -0.2) is 25.8 Å². The van der Waals surface area contributed by atoms with Crippen LogP contribution in [0.1, 0.15) is 38.5 Å². The predicted octanol–water partition coefficient (Wildman–Crippen LogP) is 2.50. The fourth-order valence-corrected chi connectivity index (χ4v) is 2.04. The molecule has 2 atom stereocenters. The molecule has 14 heavy (non-hydrogen) atoms. The Bertz CT molecular complexity index is 152. The molecular weight excluding hydrogens is 174 g/mol. The normalized spacial score (nSPS) is 23.6. The lowest BCUT2D eigenvalue weighted by Gasteiger charge is -2.19. The Morgan fingerprint density at radius 2 is 2.50 bits per heavy atom. The average Bonchev–Trinajstić information content (AvgIpc) is 2.69. The van der Waals surface area contributed by atoms with Crippen LogP contribution < -0.4 is 5.32 Å². The van der Waals surface area contributed by atoms with Crippen molar-refractivity contribution in [2.24, 2.45) is 0 Å². The average molecular weight is 197 g/mol. The fraction of sp³-hybridized carbons (Fsp3) is 0.833. The molecule has 0 aromatic carbocycles. The van der Waals surface area contributed by atoms with E-state index in [4.69, 9.17) is 4.74 Å². The molecule has 1 heterocycles. The minimum atomic E-state index is 0.510. The summed E-state index contributed by atoms with van der Waals surface area (Å²) in [5, 5.41) is 3.37. The van der Waals surface area contributed by atoms with E-state index in [9.17, 15) is 0 Å². The van der Waals surface area contributed by atoms with Crippen LogP contribution in [0, 0.1) is 0 Å². The van der Waals surface area contributed by atoms with Gasteiger partial charge in [-0.25, -0.2) is 0 Å². The Balaban J connectivity index is 2.13. The Hall–Kier alpha value is -0.340. The first-order valence-corrected chi connectivity index (χ1v) is 5.76. The summed E-state index contributed by atoms with van der Waals surface area (Å²) in [6, 6.07) is 0.623. The van der Waals surface area contributed by atoms with Crippen LogP contribution in [0.4, 0.5) is 0 Å². The maximum absolute atomic E-state index is 5.63. The molecule has 0 bridgehead atoms. The largest absolute Gasteiger partial charge is 0.378 e. The predicted molar refractivity (Wildman–Crippen MR) is 60.5 cm³/mol. The van der Waals surface area contributed by atoms with E-state index < -0.39 is 0 Å². The van der Waals surface area contributed by atoms with Gasteiger partial charge in [-0.3, -0.25) is 0 Å². The minimum Gasteiger partial charge on any atom is -0.378 e. The highest BCUT2D eigenvalue weighted by atomic mass is 16.5. The molecule has 1 saturated heterocycles. The first-order valence-electron chi connectivity index (χ1n) is 5.76. The van der Waals surface area contributed by atoms with Crippen molar-refractivity contribution in [1.82, 2.24) is 5.32 Å². The van der Waals surface area contributed by atoms with Crippen LogP contribution in [-0.2, 0) is 4.74 Å². The van der Waals surface area contributed by atoms with Crippen molar-refractivity contribution >= 4 is 0 Å². The highest BCUT2D eigenvalue weighted by molar-refractivity contribution is 4.75. The summed E-state index contributed by atoms with van der Waals surface area (Å²) < 4.78 is 5.63. The van der Waals surface area contributed by atoms with E-state index >= 15 is 0 Å². The second-order valence-electron chi connectivity index (χ2n) is 4.08. The van der Waals surface area contributed by atoms with Gasteiger partial charge in [0.2, 0.25) is 0 Å². The lowest BCUT2D eigenvalue weighted by atomic mass is 10.0. The van der Waals surface area contributed by atoms with Crippen molar-refractivity contribution < 1.29 is 4.74 Å². The van der Waals surface area contributed by atoms with E-state index in [1.54, 1.807) is 0 Å². The van der Waals surface area contributed by atoms with Gasteiger partial charge in [0.15, 0.2) is 0 Å². The van der Waals surface area contributed by atoms with Gasteiger partial charge in [0.25, 0.3) is 0 Å². The highest BCUT2D eigenvalue weighted by Crippen LogP contribution is 2.18. The number of hydrogen-bond donors (Lipinski definition) is 1. The second-order valence-corrected chi connectivity index (χ2v) is 4.08. The standard InChI is InChI=1S/C12H23NO/c1-3-4-5-7-11(13-2)10-12-8-6-9-14-12/h3,11-13H,1,4-10H2,2H3. The second kappa shape index (κ2) is 7.02. The lowest BCUT2D eigenvalue weighted by molar-refractivity contribution is 0.0943. The van der Waals surface area contributed by atoms with Crippen molar-refractivity contribution in [1.29, 1.82) is 0 Å². The maximum atomic E-state index is 5.63. The zero-order valence-electron chi connectivity index (χ0n) is 9.30. The molecule has 2 heteroatoms. The Kier molecular flexibility index (Phi) is 5.88. The summed E-state index contributed by atoms with van der Waals surface area (Å²) in [4.78, 5) is 0. The van der Waals surface area contributed by atoms with Crippen molar-refractivity contribution in [3.05, 3.63) is 12.7 Å². The smallest absolute Gasteiger partial charge is 0.0590 e. The van der Waals surface area contributed by atoms with Crippen LogP contribution in [0.25, 0.3) is 0 Å². The Morgan fingerprint density at radius 1 is 1.64 bits per heavy atom. The SMILES string of the molecule is C=CCCCC(CC1CCCO1)NC. The van der Waals surface area contributed by atoms with Gasteiger partial charge >= 0.3 is 0 Å². The van der Waals surface area contributed by atoms with Crippen molar-refractivity contribution in [3.8, 4) is 0 Å². The van der Waals surface area contributed by atoms with Gasteiger partial charge < -0.3 is 10.1 Å². The zero-order chi connectivity index (χ0) is 10.2. The number of allylic oxidation sites excluding steroid dienone is 1. The number of ether oxygens (including phenoxy) is 1. The van der Waals surface area contributed by atoms with Crippen LogP contribution >= 0.6 is 0 Å². The molecule has 1 aliphatic rings. The zero-order valence-corrected chi connectivity index (χ0v) is 9.30. The van der Waals surface area contributed by atoms with E-state index in [0.29, 0.717) is 12.1 Å². The van der Waals surface area contributed by atoms with E-state index in [2.05, 4.69) is 11.9 Å². The third-order valence-corrected chi connectivity index (χ3v) is 2.94. The topological polar surface area (TPSA) is 21.3 Å². The van der Waals surface area contributed by atoms with E-state index in [1.165, 1.54) is 32.1 Å². The highest BCUT2D eigenvalue weighted by Gasteiger charge is 2.19. The van der Waals surface area contributed by atoms with Gasteiger partial charge in [-0.1, -0.05) is 6.08 Å². The minimum absolute atomic E-state index is 0.510. The summed E-state index contributed by atoms with van der Waals surface area (Å²) >= 11 is 0. The fourth-order valence-electron chi connectivity index (χ4n) is 2.04. The molecule has 1 rings (SSSR count). The molecule has 0 aromatic heterocycles. The van der Waals surface area contributed by atoms with Crippen LogP contribution in [0.2, 0.25) is 0 Å². The molecule has 1 fully saturated rings. The van der Waals surface area contributed by atoms with Crippen LogP contribution in [0.3, 0.4) is 0 Å². The van der Waals surface area contributed by atoms with Gasteiger partial charge in [-0.05, 0) is 45.6 Å². The van der Waals surface area contributed by atoms with Crippen molar-refractivity contribution in [3.63, 3.8) is 0 Å². The first-order chi connectivity index (χ1) is 6.86. The molecule has 0 amide bonds. The molecule has 0 saturated carbocycles. The third-order valence-electron chi connectivity index (χ3n) is 2.94. The van der Waals surface area contributed by atoms with Gasteiger partial charge in [0.05, 0.1) is 6.10 Å². The summed E-state index contributed by atoms with van der Waals surface area (Å²) in [7, 11) is 2.05. The number of hydrogen-bond acceptors (Lipinski definition) is 2.